The average Bonchev–Trinajstić information content (AvgIpc) is 2.64. The number of rotatable bonds is 12. The van der Waals surface area contributed by atoms with Gasteiger partial charge in [-0.2, -0.15) is 11.8 Å². The molecule has 0 saturated heterocycles. The lowest BCUT2D eigenvalue weighted by Gasteiger charge is -2.23. The molecule has 0 spiro atoms. The molecule has 9 nitrogen and oxygen atoms in total. The van der Waals surface area contributed by atoms with Crippen LogP contribution in [0, 0.1) is 16.0 Å². The summed E-state index contributed by atoms with van der Waals surface area (Å²) in [5.74, 6) is -0.0316. The fourth-order valence-electron chi connectivity index (χ4n) is 2.48. The Labute approximate surface area is 168 Å². The number of nitrogens with zero attached hydrogens (tertiary/aromatic N) is 1. The van der Waals surface area contributed by atoms with Gasteiger partial charge in [0.2, 0.25) is 18.2 Å². The lowest BCUT2D eigenvalue weighted by molar-refractivity contribution is -0.384. The second kappa shape index (κ2) is 12.0. The van der Waals surface area contributed by atoms with Crippen molar-refractivity contribution in [2.24, 2.45) is 5.92 Å². The molecule has 1 rings (SSSR count). The number of amides is 3. The Hall–Kier alpha value is -2.62. The van der Waals surface area contributed by atoms with E-state index < -0.39 is 28.8 Å². The number of benzene rings is 1. The van der Waals surface area contributed by atoms with Gasteiger partial charge in [-0.05, 0) is 42.9 Å². The van der Waals surface area contributed by atoms with Gasteiger partial charge in [0, 0.05) is 17.8 Å². The number of nitro groups is 1. The maximum Gasteiger partial charge on any atom is 0.269 e. The van der Waals surface area contributed by atoms with Crippen LogP contribution in [0.3, 0.4) is 0 Å². The Bertz CT molecular complexity index is 681. The number of carbonyl (C=O) groups is 3. The van der Waals surface area contributed by atoms with Gasteiger partial charge in [-0.25, -0.2) is 0 Å². The summed E-state index contributed by atoms with van der Waals surface area (Å²) in [5.41, 5.74) is 0.310. The van der Waals surface area contributed by atoms with Gasteiger partial charge in [0.1, 0.15) is 12.1 Å². The summed E-state index contributed by atoms with van der Waals surface area (Å²) >= 11 is 1.55. The predicted molar refractivity (Wildman–Crippen MR) is 109 cm³/mol. The smallest absolute Gasteiger partial charge is 0.269 e. The average molecular weight is 410 g/mol. The van der Waals surface area contributed by atoms with Gasteiger partial charge in [-0.1, -0.05) is 13.8 Å². The minimum atomic E-state index is -0.798. The molecule has 2 atom stereocenters. The van der Waals surface area contributed by atoms with E-state index in [2.05, 4.69) is 16.0 Å². The van der Waals surface area contributed by atoms with Crippen molar-refractivity contribution in [2.75, 3.05) is 17.3 Å². The lowest BCUT2D eigenvalue weighted by Crippen LogP contribution is -2.51. The van der Waals surface area contributed by atoms with Crippen LogP contribution < -0.4 is 16.0 Å². The van der Waals surface area contributed by atoms with E-state index >= 15 is 0 Å². The normalized spacial score (nSPS) is 12.7. The van der Waals surface area contributed by atoms with Crippen LogP contribution >= 0.6 is 11.8 Å². The molecule has 0 unspecified atom stereocenters. The summed E-state index contributed by atoms with van der Waals surface area (Å²) in [6.45, 7) is 3.85. The number of thioether (sulfide) groups is 1. The minimum absolute atomic E-state index is 0.0818. The van der Waals surface area contributed by atoms with E-state index in [0.29, 0.717) is 30.7 Å². The van der Waals surface area contributed by atoms with E-state index in [9.17, 15) is 24.5 Å². The molecule has 0 aliphatic rings. The van der Waals surface area contributed by atoms with Crippen molar-refractivity contribution in [1.82, 2.24) is 10.6 Å². The number of nitro benzene ring substituents is 1. The Morgan fingerprint density at radius 2 is 1.82 bits per heavy atom. The zero-order valence-corrected chi connectivity index (χ0v) is 17.0. The van der Waals surface area contributed by atoms with Crippen LogP contribution in [-0.4, -0.2) is 47.2 Å². The zero-order valence-electron chi connectivity index (χ0n) is 16.1. The molecule has 0 aromatic heterocycles. The van der Waals surface area contributed by atoms with Crippen molar-refractivity contribution < 1.29 is 19.3 Å². The second-order valence-electron chi connectivity index (χ2n) is 6.60. The van der Waals surface area contributed by atoms with E-state index in [1.54, 1.807) is 11.8 Å². The summed E-state index contributed by atoms with van der Waals surface area (Å²) in [4.78, 5) is 46.1. The third-order valence-electron chi connectivity index (χ3n) is 3.88. The van der Waals surface area contributed by atoms with Crippen LogP contribution in [0.4, 0.5) is 11.4 Å². The SMILES string of the molecule is CSCC[C@@H](NC=O)C(=O)N[C@H](CC(C)C)C(=O)Nc1ccc([N+](=O)[O-])cc1. The van der Waals surface area contributed by atoms with Gasteiger partial charge in [0.05, 0.1) is 4.92 Å². The standard InChI is InChI=1S/C18H26N4O5S/c1-12(2)10-16(21-17(24)15(19-11-23)8-9-28-3)18(25)20-13-4-6-14(7-5-13)22(26)27/h4-7,11-12,15-16H,8-10H2,1-3H3,(H,19,23)(H,20,25)(H,21,24)/t15-,16-/m1/s1. The number of anilines is 1. The fourth-order valence-corrected chi connectivity index (χ4v) is 2.95. The van der Waals surface area contributed by atoms with Crippen LogP contribution in [0.2, 0.25) is 0 Å². The highest BCUT2D eigenvalue weighted by molar-refractivity contribution is 7.98. The zero-order chi connectivity index (χ0) is 21.1. The van der Waals surface area contributed by atoms with Crippen molar-refractivity contribution in [3.63, 3.8) is 0 Å². The van der Waals surface area contributed by atoms with Crippen molar-refractivity contribution in [3.05, 3.63) is 34.4 Å². The molecule has 1 aromatic rings. The predicted octanol–water partition coefficient (Wildman–Crippen LogP) is 1.93. The highest BCUT2D eigenvalue weighted by Gasteiger charge is 2.26. The molecule has 0 saturated carbocycles. The molecule has 28 heavy (non-hydrogen) atoms. The molecule has 154 valence electrons. The molecule has 0 radical (unpaired) electrons. The van der Waals surface area contributed by atoms with Gasteiger partial charge in [0.25, 0.3) is 5.69 Å². The van der Waals surface area contributed by atoms with E-state index in [0.717, 1.165) is 0 Å². The van der Waals surface area contributed by atoms with Gasteiger partial charge in [0.15, 0.2) is 0 Å². The molecule has 0 aliphatic heterocycles. The first-order valence-corrected chi connectivity index (χ1v) is 10.2. The molecule has 0 heterocycles. The minimum Gasteiger partial charge on any atom is -0.347 e. The number of nitrogens with one attached hydrogen (secondary N) is 3. The highest BCUT2D eigenvalue weighted by atomic mass is 32.2. The largest absolute Gasteiger partial charge is 0.347 e. The first-order chi connectivity index (χ1) is 13.3. The van der Waals surface area contributed by atoms with Gasteiger partial charge in [-0.15, -0.1) is 0 Å². The van der Waals surface area contributed by atoms with Crippen molar-refractivity contribution in [1.29, 1.82) is 0 Å². The van der Waals surface area contributed by atoms with Crippen LogP contribution in [-0.2, 0) is 14.4 Å². The van der Waals surface area contributed by atoms with Crippen LogP contribution in [0.5, 0.6) is 0 Å². The Morgan fingerprint density at radius 3 is 2.32 bits per heavy atom. The number of hydrogen-bond donors (Lipinski definition) is 3. The van der Waals surface area contributed by atoms with Crippen LogP contribution in [0.25, 0.3) is 0 Å². The summed E-state index contributed by atoms with van der Waals surface area (Å²) in [7, 11) is 0. The van der Waals surface area contributed by atoms with Crippen LogP contribution in [0.15, 0.2) is 24.3 Å². The summed E-state index contributed by atoms with van der Waals surface area (Å²) in [6, 6.07) is 3.93. The maximum atomic E-state index is 12.6. The van der Waals surface area contributed by atoms with Gasteiger partial charge >= 0.3 is 0 Å². The molecule has 3 N–H and O–H groups in total. The molecule has 0 bridgehead atoms. The molecule has 0 fully saturated rings. The summed E-state index contributed by atoms with van der Waals surface area (Å²) in [6.07, 6.45) is 3.22. The van der Waals surface area contributed by atoms with Crippen molar-refractivity contribution in [3.8, 4) is 0 Å². The fraction of sp³-hybridized carbons (Fsp3) is 0.500. The number of non-ortho nitro benzene ring substituents is 1. The molecule has 10 heteroatoms. The van der Waals surface area contributed by atoms with E-state index in [-0.39, 0.29) is 11.6 Å². The maximum absolute atomic E-state index is 12.6. The first-order valence-electron chi connectivity index (χ1n) is 8.82. The Kier molecular flexibility index (Phi) is 10.0. The molecular formula is C18H26N4O5S. The van der Waals surface area contributed by atoms with Crippen molar-refractivity contribution in [2.45, 2.75) is 38.8 Å². The van der Waals surface area contributed by atoms with Crippen LogP contribution in [0.1, 0.15) is 26.7 Å². The molecule has 0 aliphatic carbocycles. The quantitative estimate of drug-likeness (QED) is 0.274. The van der Waals surface area contributed by atoms with Crippen molar-refractivity contribution >= 4 is 41.4 Å². The number of hydrogen-bond acceptors (Lipinski definition) is 6. The highest BCUT2D eigenvalue weighted by Crippen LogP contribution is 2.16. The summed E-state index contributed by atoms with van der Waals surface area (Å²) < 4.78 is 0. The first kappa shape index (κ1) is 23.4. The molecule has 1 aromatic carbocycles. The Balaban J connectivity index is 2.84. The van der Waals surface area contributed by atoms with E-state index in [1.165, 1.54) is 24.3 Å². The Morgan fingerprint density at radius 1 is 1.18 bits per heavy atom. The summed E-state index contributed by atoms with van der Waals surface area (Å²) in [5, 5.41) is 18.6. The second-order valence-corrected chi connectivity index (χ2v) is 7.59. The molecular weight excluding hydrogens is 384 g/mol. The third kappa shape index (κ3) is 7.95. The van der Waals surface area contributed by atoms with E-state index in [1.807, 2.05) is 20.1 Å². The number of carbonyl (C=O) groups excluding carboxylic acids is 3. The van der Waals surface area contributed by atoms with Gasteiger partial charge < -0.3 is 16.0 Å². The topological polar surface area (TPSA) is 130 Å². The molecule has 3 amide bonds. The monoisotopic (exact) mass is 410 g/mol. The van der Waals surface area contributed by atoms with Gasteiger partial charge in [-0.3, -0.25) is 24.5 Å². The lowest BCUT2D eigenvalue weighted by atomic mass is 10.0. The third-order valence-corrected chi connectivity index (χ3v) is 4.53. The van der Waals surface area contributed by atoms with E-state index in [4.69, 9.17) is 0 Å².